The Hall–Kier alpha value is -2.12. The minimum atomic E-state index is -0.413. The Labute approximate surface area is 153 Å². The molecule has 3 rings (SSSR count). The Morgan fingerprint density at radius 1 is 1.15 bits per heavy atom. The number of carbonyl (C=O) groups excluding carboxylic acids is 2. The van der Waals surface area contributed by atoms with E-state index in [0.717, 1.165) is 24.2 Å². The summed E-state index contributed by atoms with van der Waals surface area (Å²) in [6, 6.07) is 3.30. The van der Waals surface area contributed by atoms with Crippen molar-refractivity contribution in [1.29, 1.82) is 0 Å². The number of rotatable bonds is 3. The summed E-state index contributed by atoms with van der Waals surface area (Å²) < 4.78 is 5.39. The first-order chi connectivity index (χ1) is 12.3. The van der Waals surface area contributed by atoms with Gasteiger partial charge in [-0.25, -0.2) is 4.79 Å². The van der Waals surface area contributed by atoms with Gasteiger partial charge in [0.25, 0.3) is 0 Å². The third-order valence-electron chi connectivity index (χ3n) is 4.84. The summed E-state index contributed by atoms with van der Waals surface area (Å²) in [5, 5.41) is 13.2. The monoisotopic (exact) mass is 361 g/mol. The Morgan fingerprint density at radius 3 is 2.46 bits per heavy atom. The van der Waals surface area contributed by atoms with Crippen molar-refractivity contribution in [3.05, 3.63) is 23.3 Å². The lowest BCUT2D eigenvalue weighted by atomic mass is 9.84. The Kier molecular flexibility index (Phi) is 5.20. The quantitative estimate of drug-likeness (QED) is 0.860. The number of aromatic hydroxyl groups is 1. The molecule has 0 atom stereocenters. The van der Waals surface area contributed by atoms with Crippen LogP contribution in [-0.4, -0.2) is 54.8 Å². The summed E-state index contributed by atoms with van der Waals surface area (Å²) in [6.45, 7) is 10.0. The number of imide groups is 1. The highest BCUT2D eigenvalue weighted by molar-refractivity contribution is 6.05. The Morgan fingerprint density at radius 2 is 1.85 bits per heavy atom. The van der Waals surface area contributed by atoms with E-state index in [4.69, 9.17) is 4.74 Å². The van der Waals surface area contributed by atoms with Gasteiger partial charge in [0.2, 0.25) is 5.91 Å². The lowest BCUT2D eigenvalue weighted by molar-refractivity contribution is -0.120. The molecule has 142 valence electrons. The van der Waals surface area contributed by atoms with Gasteiger partial charge in [0, 0.05) is 49.4 Å². The molecule has 7 nitrogen and oxygen atoms in total. The first-order valence-corrected chi connectivity index (χ1v) is 9.03. The number of nitrogens with one attached hydrogen (secondary N) is 1. The van der Waals surface area contributed by atoms with Gasteiger partial charge >= 0.3 is 6.03 Å². The maximum Gasteiger partial charge on any atom is 0.328 e. The van der Waals surface area contributed by atoms with Crippen LogP contribution in [0.3, 0.4) is 0 Å². The molecule has 0 radical (unpaired) electrons. The number of anilines is 1. The third-order valence-corrected chi connectivity index (χ3v) is 4.84. The number of phenols is 1. The molecule has 0 bridgehead atoms. The van der Waals surface area contributed by atoms with E-state index in [0.29, 0.717) is 32.0 Å². The van der Waals surface area contributed by atoms with E-state index in [1.165, 1.54) is 0 Å². The zero-order chi connectivity index (χ0) is 18.9. The van der Waals surface area contributed by atoms with Crippen molar-refractivity contribution >= 4 is 17.6 Å². The highest BCUT2D eigenvalue weighted by Gasteiger charge is 2.28. The number of hydrogen-bond acceptors (Lipinski definition) is 5. The van der Waals surface area contributed by atoms with E-state index < -0.39 is 6.03 Å². The van der Waals surface area contributed by atoms with E-state index in [1.54, 1.807) is 4.90 Å². The normalized spacial score (nSPS) is 19.6. The van der Waals surface area contributed by atoms with Crippen LogP contribution in [0.1, 0.15) is 38.3 Å². The van der Waals surface area contributed by atoms with Crippen molar-refractivity contribution < 1.29 is 19.4 Å². The number of urea groups is 1. The number of morpholine rings is 1. The molecule has 0 aromatic heterocycles. The summed E-state index contributed by atoms with van der Waals surface area (Å²) in [6.07, 6.45) is 0.274. The molecule has 0 aliphatic carbocycles. The van der Waals surface area contributed by atoms with E-state index in [9.17, 15) is 14.7 Å². The average Bonchev–Trinajstić information content (AvgIpc) is 2.57. The Bertz CT molecular complexity index is 705. The summed E-state index contributed by atoms with van der Waals surface area (Å²) >= 11 is 0. The second-order valence-electron chi connectivity index (χ2n) is 7.89. The molecule has 26 heavy (non-hydrogen) atoms. The summed E-state index contributed by atoms with van der Waals surface area (Å²) in [5.74, 6) is 0.0239. The zero-order valence-corrected chi connectivity index (χ0v) is 15.7. The maximum absolute atomic E-state index is 12.3. The zero-order valence-electron chi connectivity index (χ0n) is 15.7. The molecular weight excluding hydrogens is 334 g/mol. The van der Waals surface area contributed by atoms with Gasteiger partial charge in [0.05, 0.1) is 13.2 Å². The lowest BCUT2D eigenvalue weighted by Gasteiger charge is -2.32. The number of ether oxygens (including phenoxy) is 1. The van der Waals surface area contributed by atoms with Crippen LogP contribution >= 0.6 is 0 Å². The van der Waals surface area contributed by atoms with Crippen LogP contribution in [0.25, 0.3) is 0 Å². The number of amides is 3. The molecule has 0 unspecified atom stereocenters. The minimum Gasteiger partial charge on any atom is -0.507 e. The fraction of sp³-hybridized carbons (Fsp3) is 0.579. The van der Waals surface area contributed by atoms with Crippen molar-refractivity contribution in [2.24, 2.45) is 0 Å². The molecule has 2 aliphatic heterocycles. The Balaban J connectivity index is 1.97. The molecule has 2 N–H and O–H groups in total. The minimum absolute atomic E-state index is 0.255. The molecule has 7 heteroatoms. The molecule has 1 aromatic rings. The van der Waals surface area contributed by atoms with E-state index >= 15 is 0 Å². The first-order valence-electron chi connectivity index (χ1n) is 9.03. The lowest BCUT2D eigenvalue weighted by Crippen LogP contribution is -2.49. The molecule has 2 fully saturated rings. The van der Waals surface area contributed by atoms with Crippen LogP contribution in [0.5, 0.6) is 5.75 Å². The largest absolute Gasteiger partial charge is 0.507 e. The van der Waals surface area contributed by atoms with Crippen LogP contribution in [0.2, 0.25) is 0 Å². The summed E-state index contributed by atoms with van der Waals surface area (Å²) in [4.78, 5) is 27.5. The van der Waals surface area contributed by atoms with Gasteiger partial charge in [-0.2, -0.15) is 0 Å². The molecule has 3 amide bonds. The SMILES string of the molecule is CC(C)(C)c1cc(N2CCC(=O)NC2=O)cc(CN2CCOCC2)c1O. The van der Waals surface area contributed by atoms with Crippen LogP contribution < -0.4 is 10.2 Å². The standard InChI is InChI=1S/C19H27N3O4/c1-19(2,3)15-11-14(22-5-4-16(23)20-18(22)25)10-13(17(15)24)12-21-6-8-26-9-7-21/h10-11,24H,4-9,12H2,1-3H3,(H,20,23,25). The maximum atomic E-state index is 12.3. The van der Waals surface area contributed by atoms with Crippen molar-refractivity contribution in [3.63, 3.8) is 0 Å². The van der Waals surface area contributed by atoms with Crippen molar-refractivity contribution in [1.82, 2.24) is 10.2 Å². The molecule has 0 spiro atoms. The van der Waals surface area contributed by atoms with Gasteiger partial charge in [-0.3, -0.25) is 19.9 Å². The predicted molar refractivity (Wildman–Crippen MR) is 98.4 cm³/mol. The van der Waals surface area contributed by atoms with Gasteiger partial charge in [0.1, 0.15) is 5.75 Å². The number of hydrogen-bond donors (Lipinski definition) is 2. The second kappa shape index (κ2) is 7.25. The van der Waals surface area contributed by atoms with Gasteiger partial charge in [-0.05, 0) is 17.5 Å². The molecule has 1 aromatic carbocycles. The average molecular weight is 361 g/mol. The van der Waals surface area contributed by atoms with Gasteiger partial charge in [-0.15, -0.1) is 0 Å². The number of benzene rings is 1. The summed E-state index contributed by atoms with van der Waals surface area (Å²) in [5.41, 5.74) is 2.02. The predicted octanol–water partition coefficient (Wildman–Crippen LogP) is 1.97. The fourth-order valence-electron chi connectivity index (χ4n) is 3.34. The molecule has 2 heterocycles. The molecule has 2 saturated heterocycles. The molecule has 0 saturated carbocycles. The fourth-order valence-corrected chi connectivity index (χ4v) is 3.34. The summed E-state index contributed by atoms with van der Waals surface area (Å²) in [7, 11) is 0. The van der Waals surface area contributed by atoms with Gasteiger partial charge in [-0.1, -0.05) is 20.8 Å². The van der Waals surface area contributed by atoms with Crippen molar-refractivity contribution in [3.8, 4) is 5.75 Å². The van der Waals surface area contributed by atoms with Crippen LogP contribution in [0.4, 0.5) is 10.5 Å². The van der Waals surface area contributed by atoms with Crippen molar-refractivity contribution in [2.45, 2.75) is 39.2 Å². The molecular formula is C19H27N3O4. The van der Waals surface area contributed by atoms with Crippen LogP contribution in [-0.2, 0) is 21.5 Å². The molecule has 2 aliphatic rings. The topological polar surface area (TPSA) is 82.1 Å². The number of nitrogens with zero attached hydrogens (tertiary/aromatic N) is 2. The highest BCUT2D eigenvalue weighted by Crippen LogP contribution is 2.38. The van der Waals surface area contributed by atoms with E-state index in [2.05, 4.69) is 10.2 Å². The van der Waals surface area contributed by atoms with Gasteiger partial charge < -0.3 is 9.84 Å². The van der Waals surface area contributed by atoms with Crippen molar-refractivity contribution in [2.75, 3.05) is 37.7 Å². The highest BCUT2D eigenvalue weighted by atomic mass is 16.5. The first kappa shape index (κ1) is 18.7. The smallest absolute Gasteiger partial charge is 0.328 e. The van der Waals surface area contributed by atoms with Crippen LogP contribution in [0.15, 0.2) is 12.1 Å². The number of carbonyl (C=O) groups is 2. The van der Waals surface area contributed by atoms with E-state index in [1.807, 2.05) is 32.9 Å². The van der Waals surface area contributed by atoms with Gasteiger partial charge in [0.15, 0.2) is 0 Å². The second-order valence-corrected chi connectivity index (χ2v) is 7.89. The third kappa shape index (κ3) is 3.99. The number of phenolic OH excluding ortho intramolecular Hbond substituents is 1. The van der Waals surface area contributed by atoms with Crippen LogP contribution in [0, 0.1) is 0 Å². The van der Waals surface area contributed by atoms with E-state index in [-0.39, 0.29) is 23.5 Å².